The number of carbonyl (C=O) groups is 4. The third kappa shape index (κ3) is 6.82. The zero-order chi connectivity index (χ0) is 26.2. The first-order valence-corrected chi connectivity index (χ1v) is 10.9. The third-order valence-corrected chi connectivity index (χ3v) is 5.19. The second-order valence-electron chi connectivity index (χ2n) is 7.18. The molecule has 3 aromatic carbocycles. The van der Waals surface area contributed by atoms with Crippen molar-refractivity contribution in [3.63, 3.8) is 0 Å². The molecule has 9 nitrogen and oxygen atoms in total. The SMILES string of the molecule is N#Cc1ccc(NC(=O)[C@@H](OC(=O)c2ccc(Cl)cc2)[C@@H](OC(=O)c2ccc(Cl)cc2)C(=O)O)cc1. The maximum Gasteiger partial charge on any atom is 0.349 e. The van der Waals surface area contributed by atoms with E-state index in [1.165, 1.54) is 72.8 Å². The van der Waals surface area contributed by atoms with Gasteiger partial charge in [0.2, 0.25) is 12.2 Å². The van der Waals surface area contributed by atoms with E-state index in [0.29, 0.717) is 15.6 Å². The van der Waals surface area contributed by atoms with E-state index in [1.54, 1.807) is 0 Å². The quantitative estimate of drug-likeness (QED) is 0.412. The van der Waals surface area contributed by atoms with Crippen LogP contribution in [0.3, 0.4) is 0 Å². The van der Waals surface area contributed by atoms with Gasteiger partial charge in [0.1, 0.15) is 0 Å². The zero-order valence-corrected chi connectivity index (χ0v) is 19.7. The number of ether oxygens (including phenoxy) is 2. The van der Waals surface area contributed by atoms with Crippen LogP contribution >= 0.6 is 23.2 Å². The first kappa shape index (κ1) is 26.2. The largest absolute Gasteiger partial charge is 0.478 e. The van der Waals surface area contributed by atoms with Crippen molar-refractivity contribution in [2.75, 3.05) is 5.32 Å². The Morgan fingerprint density at radius 1 is 0.750 bits per heavy atom. The van der Waals surface area contributed by atoms with E-state index in [-0.39, 0.29) is 16.8 Å². The fourth-order valence-electron chi connectivity index (χ4n) is 2.87. The Balaban J connectivity index is 1.90. The molecule has 0 fully saturated rings. The molecular formula is C25H16Cl2N2O7. The van der Waals surface area contributed by atoms with Crippen LogP contribution in [-0.4, -0.2) is 41.1 Å². The van der Waals surface area contributed by atoms with Crippen LogP contribution in [0, 0.1) is 11.3 Å². The molecule has 0 aliphatic carbocycles. The van der Waals surface area contributed by atoms with Gasteiger partial charge in [-0.1, -0.05) is 23.2 Å². The number of anilines is 1. The summed E-state index contributed by atoms with van der Waals surface area (Å²) in [6.07, 6.45) is -4.29. The molecule has 1 amide bonds. The summed E-state index contributed by atoms with van der Waals surface area (Å²) in [5.41, 5.74) is 0.434. The van der Waals surface area contributed by atoms with Crippen molar-refractivity contribution >= 4 is 52.7 Å². The molecule has 0 aromatic heterocycles. The summed E-state index contributed by atoms with van der Waals surface area (Å²) in [7, 11) is 0. The molecule has 182 valence electrons. The van der Waals surface area contributed by atoms with E-state index >= 15 is 0 Å². The summed E-state index contributed by atoms with van der Waals surface area (Å²) in [5, 5.41) is 21.8. The lowest BCUT2D eigenvalue weighted by Crippen LogP contribution is -2.48. The normalized spacial score (nSPS) is 11.9. The van der Waals surface area contributed by atoms with Gasteiger partial charge < -0.3 is 19.9 Å². The number of nitrogens with zero attached hydrogens (tertiary/aromatic N) is 1. The highest BCUT2D eigenvalue weighted by Gasteiger charge is 2.41. The van der Waals surface area contributed by atoms with Crippen molar-refractivity contribution in [2.45, 2.75) is 12.2 Å². The first-order valence-electron chi connectivity index (χ1n) is 10.1. The first-order chi connectivity index (χ1) is 17.2. The number of carboxylic acid groups (broad SMARTS) is 1. The van der Waals surface area contributed by atoms with Crippen molar-refractivity contribution in [2.24, 2.45) is 0 Å². The number of halogens is 2. The standard InChI is InChI=1S/C25H16Cl2N2O7/c26-17-7-3-15(4-8-17)24(33)35-20(22(30)29-19-11-1-14(13-28)2-12-19)21(23(31)32)36-25(34)16-5-9-18(27)10-6-16/h1-12,20-21H,(H,29,30)(H,31,32)/t20-,21+/m0/s1. The minimum absolute atomic E-state index is 0.0243. The fraction of sp³-hybridized carbons (Fsp3) is 0.0800. The number of rotatable bonds is 8. The molecule has 2 atom stereocenters. The number of aliphatic carboxylic acids is 1. The van der Waals surface area contributed by atoms with E-state index in [9.17, 15) is 24.3 Å². The van der Waals surface area contributed by atoms with Crippen molar-refractivity contribution in [1.29, 1.82) is 5.26 Å². The van der Waals surface area contributed by atoms with Crippen molar-refractivity contribution < 1.29 is 33.8 Å². The van der Waals surface area contributed by atoms with E-state index in [2.05, 4.69) is 5.32 Å². The van der Waals surface area contributed by atoms with Crippen LogP contribution in [0.4, 0.5) is 5.69 Å². The minimum Gasteiger partial charge on any atom is -0.478 e. The molecule has 3 rings (SSSR count). The molecule has 0 aliphatic rings. The van der Waals surface area contributed by atoms with E-state index in [4.69, 9.17) is 37.9 Å². The van der Waals surface area contributed by atoms with Crippen LogP contribution in [0.2, 0.25) is 10.0 Å². The number of esters is 2. The summed E-state index contributed by atoms with van der Waals surface area (Å²) < 4.78 is 10.3. The van der Waals surface area contributed by atoms with Gasteiger partial charge in [0, 0.05) is 15.7 Å². The maximum absolute atomic E-state index is 13.1. The van der Waals surface area contributed by atoms with Crippen LogP contribution in [0.25, 0.3) is 0 Å². The van der Waals surface area contributed by atoms with E-state index < -0.39 is 36.0 Å². The number of nitrogens with one attached hydrogen (secondary N) is 1. The van der Waals surface area contributed by atoms with Crippen molar-refractivity contribution in [3.05, 3.63) is 99.5 Å². The number of benzene rings is 3. The van der Waals surface area contributed by atoms with Crippen LogP contribution in [0.1, 0.15) is 26.3 Å². The number of carbonyl (C=O) groups excluding carboxylic acids is 3. The summed E-state index contributed by atoms with van der Waals surface area (Å²) in [4.78, 5) is 50.4. The summed E-state index contributed by atoms with van der Waals surface area (Å²) in [6.45, 7) is 0. The van der Waals surface area contributed by atoms with Gasteiger partial charge in [0.25, 0.3) is 5.91 Å². The molecule has 3 aromatic rings. The lowest BCUT2D eigenvalue weighted by molar-refractivity contribution is -0.157. The summed E-state index contributed by atoms with van der Waals surface area (Å²) in [6, 6.07) is 18.4. The Bertz CT molecular complexity index is 1320. The topological polar surface area (TPSA) is 143 Å². The molecule has 0 saturated heterocycles. The average Bonchev–Trinajstić information content (AvgIpc) is 2.87. The van der Waals surface area contributed by atoms with Crippen molar-refractivity contribution in [1.82, 2.24) is 0 Å². The number of nitriles is 1. The molecule has 0 unspecified atom stereocenters. The molecule has 0 spiro atoms. The number of carboxylic acids is 1. The third-order valence-electron chi connectivity index (χ3n) is 4.69. The molecule has 11 heteroatoms. The Labute approximate surface area is 214 Å². The van der Waals surface area contributed by atoms with E-state index in [0.717, 1.165) is 0 Å². The molecule has 0 heterocycles. The lowest BCUT2D eigenvalue weighted by Gasteiger charge is -2.23. The Morgan fingerprint density at radius 3 is 1.61 bits per heavy atom. The predicted octanol–water partition coefficient (Wildman–Crippen LogP) is 4.34. The van der Waals surface area contributed by atoms with Crippen LogP contribution in [0.15, 0.2) is 72.8 Å². The second-order valence-corrected chi connectivity index (χ2v) is 8.06. The van der Waals surface area contributed by atoms with Gasteiger partial charge in [0.05, 0.1) is 22.8 Å². The zero-order valence-electron chi connectivity index (χ0n) is 18.2. The van der Waals surface area contributed by atoms with Gasteiger partial charge >= 0.3 is 17.9 Å². The number of hydrogen-bond donors (Lipinski definition) is 2. The summed E-state index contributed by atoms with van der Waals surface area (Å²) in [5.74, 6) is -4.96. The average molecular weight is 527 g/mol. The molecule has 0 aliphatic heterocycles. The number of amides is 1. The highest BCUT2D eigenvalue weighted by Crippen LogP contribution is 2.18. The molecule has 2 N–H and O–H groups in total. The Morgan fingerprint density at radius 2 is 1.19 bits per heavy atom. The number of hydrogen-bond acceptors (Lipinski definition) is 7. The molecule has 36 heavy (non-hydrogen) atoms. The lowest BCUT2D eigenvalue weighted by atomic mass is 10.1. The van der Waals surface area contributed by atoms with Gasteiger partial charge in [-0.15, -0.1) is 0 Å². The van der Waals surface area contributed by atoms with Crippen LogP contribution in [-0.2, 0) is 19.1 Å². The van der Waals surface area contributed by atoms with Gasteiger partial charge in [0.15, 0.2) is 0 Å². The van der Waals surface area contributed by atoms with Gasteiger partial charge in [-0.2, -0.15) is 5.26 Å². The van der Waals surface area contributed by atoms with E-state index in [1.807, 2.05) is 6.07 Å². The highest BCUT2D eigenvalue weighted by molar-refractivity contribution is 6.31. The molecule has 0 saturated carbocycles. The molecule has 0 radical (unpaired) electrons. The van der Waals surface area contributed by atoms with Gasteiger partial charge in [-0.05, 0) is 72.8 Å². The monoisotopic (exact) mass is 526 g/mol. The Kier molecular flexibility index (Phi) is 8.62. The fourth-order valence-corrected chi connectivity index (χ4v) is 3.13. The molecule has 0 bridgehead atoms. The predicted molar refractivity (Wildman–Crippen MR) is 129 cm³/mol. The van der Waals surface area contributed by atoms with Crippen LogP contribution in [0.5, 0.6) is 0 Å². The Hall–Kier alpha value is -4.39. The van der Waals surface area contributed by atoms with Gasteiger partial charge in [-0.3, -0.25) is 4.79 Å². The van der Waals surface area contributed by atoms with Gasteiger partial charge in [-0.25, -0.2) is 14.4 Å². The maximum atomic E-state index is 13.1. The smallest absolute Gasteiger partial charge is 0.349 e. The van der Waals surface area contributed by atoms with Crippen LogP contribution < -0.4 is 5.32 Å². The minimum atomic E-state index is -2.21. The highest BCUT2D eigenvalue weighted by atomic mass is 35.5. The second kappa shape index (κ2) is 11.8. The van der Waals surface area contributed by atoms with Crippen molar-refractivity contribution in [3.8, 4) is 6.07 Å². The summed E-state index contributed by atoms with van der Waals surface area (Å²) >= 11 is 11.6. The molecular weight excluding hydrogens is 511 g/mol.